The van der Waals surface area contributed by atoms with E-state index < -0.39 is 0 Å². The van der Waals surface area contributed by atoms with Gasteiger partial charge in [0, 0.05) is 42.9 Å². The number of likely N-dealkylation sites (tertiary alicyclic amines) is 1. The van der Waals surface area contributed by atoms with Crippen LogP contribution in [0.5, 0.6) is 0 Å². The number of hydrogen-bond donors (Lipinski definition) is 2. The Labute approximate surface area is 157 Å². The zero-order chi connectivity index (χ0) is 18.4. The van der Waals surface area contributed by atoms with Gasteiger partial charge in [-0.15, -0.1) is 11.3 Å². The highest BCUT2D eigenvalue weighted by Gasteiger charge is 2.37. The van der Waals surface area contributed by atoms with Gasteiger partial charge in [-0.05, 0) is 36.4 Å². The van der Waals surface area contributed by atoms with Crippen LogP contribution in [0.4, 0.5) is 0 Å². The Kier molecular flexibility index (Phi) is 6.35. The predicted molar refractivity (Wildman–Crippen MR) is 102 cm³/mol. The van der Waals surface area contributed by atoms with Gasteiger partial charge in [-0.3, -0.25) is 19.5 Å². The number of nitrogens with zero attached hydrogens (tertiary/aromatic N) is 2. The Balaban J connectivity index is 1.61. The van der Waals surface area contributed by atoms with Crippen LogP contribution in [0.2, 0.25) is 0 Å². The first kappa shape index (κ1) is 18.5. The van der Waals surface area contributed by atoms with Crippen molar-refractivity contribution < 1.29 is 9.59 Å². The van der Waals surface area contributed by atoms with Gasteiger partial charge < -0.3 is 10.6 Å². The van der Waals surface area contributed by atoms with Gasteiger partial charge in [0.25, 0.3) is 0 Å². The zero-order valence-corrected chi connectivity index (χ0v) is 15.7. The smallest absolute Gasteiger partial charge is 0.237 e. The van der Waals surface area contributed by atoms with E-state index in [1.54, 1.807) is 23.7 Å². The van der Waals surface area contributed by atoms with Crippen molar-refractivity contribution in [1.29, 1.82) is 0 Å². The van der Waals surface area contributed by atoms with Crippen molar-refractivity contribution in [3.05, 3.63) is 52.5 Å². The van der Waals surface area contributed by atoms with Crippen LogP contribution in [-0.2, 0) is 22.6 Å². The fraction of sp³-hybridized carbons (Fsp3) is 0.421. The molecule has 0 radical (unpaired) electrons. The Hall–Kier alpha value is -2.25. The Bertz CT molecular complexity index is 720. The van der Waals surface area contributed by atoms with Crippen LogP contribution in [0.3, 0.4) is 0 Å². The van der Waals surface area contributed by atoms with E-state index in [-0.39, 0.29) is 23.9 Å². The molecular weight excluding hydrogens is 348 g/mol. The summed E-state index contributed by atoms with van der Waals surface area (Å²) < 4.78 is 0. The number of carbonyl (C=O) groups is 2. The second-order valence-corrected chi connectivity index (χ2v) is 7.49. The predicted octanol–water partition coefficient (Wildman–Crippen LogP) is 1.58. The molecule has 0 aromatic carbocycles. The van der Waals surface area contributed by atoms with Crippen molar-refractivity contribution >= 4 is 23.2 Å². The lowest BCUT2D eigenvalue weighted by molar-refractivity contribution is -0.125. The van der Waals surface area contributed by atoms with Crippen LogP contribution in [0.25, 0.3) is 0 Å². The van der Waals surface area contributed by atoms with Crippen LogP contribution >= 0.6 is 11.3 Å². The van der Waals surface area contributed by atoms with Crippen molar-refractivity contribution in [2.75, 3.05) is 13.1 Å². The van der Waals surface area contributed by atoms with Crippen LogP contribution in [0.15, 0.2) is 42.0 Å². The molecule has 0 bridgehead atoms. The second-order valence-electron chi connectivity index (χ2n) is 6.46. The number of hydrogen-bond acceptors (Lipinski definition) is 5. The number of carbonyl (C=O) groups excluding carboxylic acids is 2. The third kappa shape index (κ3) is 4.89. The fourth-order valence-electron chi connectivity index (χ4n) is 3.32. The quantitative estimate of drug-likeness (QED) is 0.774. The molecule has 2 N–H and O–H groups in total. The van der Waals surface area contributed by atoms with E-state index in [1.165, 1.54) is 4.88 Å². The molecule has 2 atom stereocenters. The maximum Gasteiger partial charge on any atom is 0.237 e. The third-order valence-corrected chi connectivity index (χ3v) is 5.31. The van der Waals surface area contributed by atoms with Crippen LogP contribution in [-0.4, -0.2) is 46.9 Å². The molecule has 0 saturated carbocycles. The normalized spacial score (nSPS) is 20.0. The van der Waals surface area contributed by atoms with Crippen molar-refractivity contribution in [2.24, 2.45) is 0 Å². The second kappa shape index (κ2) is 8.91. The summed E-state index contributed by atoms with van der Waals surface area (Å²) in [5, 5.41) is 8.03. The lowest BCUT2D eigenvalue weighted by Gasteiger charge is -2.22. The molecule has 6 nitrogen and oxygen atoms in total. The van der Waals surface area contributed by atoms with E-state index in [2.05, 4.69) is 26.6 Å². The van der Waals surface area contributed by atoms with Gasteiger partial charge >= 0.3 is 0 Å². The number of nitrogens with one attached hydrogen (secondary N) is 2. The van der Waals surface area contributed by atoms with Gasteiger partial charge in [0.1, 0.15) is 0 Å². The monoisotopic (exact) mass is 372 g/mol. The fourth-order valence-corrected chi connectivity index (χ4v) is 4.05. The average Bonchev–Trinajstić information content (AvgIpc) is 3.26. The molecule has 0 spiro atoms. The van der Waals surface area contributed by atoms with Gasteiger partial charge in [0.05, 0.1) is 12.5 Å². The van der Waals surface area contributed by atoms with Crippen molar-refractivity contribution in [1.82, 2.24) is 20.5 Å². The highest BCUT2D eigenvalue weighted by Crippen LogP contribution is 2.23. The number of amides is 2. The minimum atomic E-state index is -0.208. The van der Waals surface area contributed by atoms with E-state index in [0.717, 1.165) is 12.1 Å². The summed E-state index contributed by atoms with van der Waals surface area (Å²) in [7, 11) is 0. The van der Waals surface area contributed by atoms with E-state index in [4.69, 9.17) is 0 Å². The number of likely N-dealkylation sites (N-methyl/N-ethyl adjacent to an activating group) is 1. The van der Waals surface area contributed by atoms with Crippen molar-refractivity contribution in [2.45, 2.75) is 38.4 Å². The Morgan fingerprint density at radius 2 is 2.23 bits per heavy atom. The molecule has 0 aliphatic carbocycles. The molecule has 2 amide bonds. The lowest BCUT2D eigenvalue weighted by atomic mass is 10.1. The third-order valence-electron chi connectivity index (χ3n) is 4.45. The van der Waals surface area contributed by atoms with E-state index >= 15 is 0 Å². The largest absolute Gasteiger partial charge is 0.355 e. The Morgan fingerprint density at radius 1 is 1.35 bits per heavy atom. The molecule has 2 aromatic heterocycles. The summed E-state index contributed by atoms with van der Waals surface area (Å²) in [6, 6.07) is 7.58. The summed E-state index contributed by atoms with van der Waals surface area (Å²) in [4.78, 5) is 32.2. The minimum absolute atomic E-state index is 0.0215. The molecule has 1 aliphatic rings. The average molecular weight is 372 g/mol. The van der Waals surface area contributed by atoms with Gasteiger partial charge in [0.2, 0.25) is 11.8 Å². The van der Waals surface area contributed by atoms with Gasteiger partial charge in [0.15, 0.2) is 0 Å². The first-order chi connectivity index (χ1) is 12.7. The summed E-state index contributed by atoms with van der Waals surface area (Å²) in [5.74, 6) is 0.00341. The Morgan fingerprint density at radius 3 is 2.92 bits per heavy atom. The van der Waals surface area contributed by atoms with Crippen molar-refractivity contribution in [3.8, 4) is 0 Å². The molecule has 138 valence electrons. The highest BCUT2D eigenvalue weighted by atomic mass is 32.1. The topological polar surface area (TPSA) is 74.3 Å². The summed E-state index contributed by atoms with van der Waals surface area (Å²) in [6.45, 7) is 3.94. The molecule has 1 saturated heterocycles. The number of pyridine rings is 1. The van der Waals surface area contributed by atoms with Crippen molar-refractivity contribution in [3.63, 3.8) is 0 Å². The molecule has 3 rings (SSSR count). The summed E-state index contributed by atoms with van der Waals surface area (Å²) in [5.41, 5.74) is 0.888. The SMILES string of the molecule is CCNC(=O)C1CC(NC(=O)Cc2cccnc2)CN1Cc1cccs1. The highest BCUT2D eigenvalue weighted by molar-refractivity contribution is 7.09. The molecule has 2 unspecified atom stereocenters. The molecule has 2 aromatic rings. The minimum Gasteiger partial charge on any atom is -0.355 e. The van der Waals surface area contributed by atoms with E-state index in [1.807, 2.05) is 30.5 Å². The molecule has 7 heteroatoms. The first-order valence-electron chi connectivity index (χ1n) is 8.88. The maximum atomic E-state index is 12.4. The number of rotatable bonds is 7. The summed E-state index contributed by atoms with van der Waals surface area (Å²) in [6.07, 6.45) is 4.34. The maximum absolute atomic E-state index is 12.4. The van der Waals surface area contributed by atoms with Crippen LogP contribution < -0.4 is 10.6 Å². The molecule has 1 aliphatic heterocycles. The molecular formula is C19H24N4O2S. The van der Waals surface area contributed by atoms with Crippen LogP contribution in [0.1, 0.15) is 23.8 Å². The standard InChI is InChI=1S/C19H24N4O2S/c1-2-21-19(25)17-10-15(12-23(17)13-16-6-4-8-26-16)22-18(24)9-14-5-3-7-20-11-14/h3-8,11,15,17H,2,9-10,12-13H2,1H3,(H,21,25)(H,22,24). The van der Waals surface area contributed by atoms with Crippen LogP contribution in [0, 0.1) is 0 Å². The number of thiophene rings is 1. The van der Waals surface area contributed by atoms with E-state index in [9.17, 15) is 9.59 Å². The number of aromatic nitrogens is 1. The zero-order valence-electron chi connectivity index (χ0n) is 14.9. The van der Waals surface area contributed by atoms with E-state index in [0.29, 0.717) is 25.9 Å². The van der Waals surface area contributed by atoms with Gasteiger partial charge in [-0.2, -0.15) is 0 Å². The summed E-state index contributed by atoms with van der Waals surface area (Å²) >= 11 is 1.69. The van der Waals surface area contributed by atoms with Gasteiger partial charge in [-0.1, -0.05) is 12.1 Å². The molecule has 26 heavy (non-hydrogen) atoms. The van der Waals surface area contributed by atoms with Gasteiger partial charge in [-0.25, -0.2) is 0 Å². The lowest BCUT2D eigenvalue weighted by Crippen LogP contribution is -2.42. The molecule has 3 heterocycles. The molecule has 1 fully saturated rings. The first-order valence-corrected chi connectivity index (χ1v) is 9.76.